The second kappa shape index (κ2) is 6.35. The van der Waals surface area contributed by atoms with Crippen LogP contribution in [0.1, 0.15) is 15.9 Å². The van der Waals surface area contributed by atoms with Gasteiger partial charge < -0.3 is 4.55 Å². The fourth-order valence-corrected chi connectivity index (χ4v) is 3.38. The minimum atomic E-state index is -2.12. The van der Waals surface area contributed by atoms with E-state index in [1.165, 1.54) is 11.3 Å². The number of benzene rings is 2. The highest BCUT2D eigenvalue weighted by Gasteiger charge is 2.10. The van der Waals surface area contributed by atoms with Crippen molar-refractivity contribution in [2.24, 2.45) is 0 Å². The predicted molar refractivity (Wildman–Crippen MR) is 86.6 cm³/mol. The van der Waals surface area contributed by atoms with Crippen molar-refractivity contribution in [3.63, 3.8) is 0 Å². The van der Waals surface area contributed by atoms with E-state index in [1.807, 2.05) is 6.07 Å². The average molecular weight is 331 g/mol. The highest BCUT2D eigenvalue weighted by atomic mass is 32.2. The van der Waals surface area contributed by atoms with Gasteiger partial charge in [0.1, 0.15) is 0 Å². The van der Waals surface area contributed by atoms with E-state index in [0.29, 0.717) is 16.3 Å². The molecule has 1 amide bonds. The van der Waals surface area contributed by atoms with E-state index in [-0.39, 0.29) is 11.7 Å². The van der Waals surface area contributed by atoms with Crippen LogP contribution in [0.5, 0.6) is 0 Å². The van der Waals surface area contributed by atoms with Gasteiger partial charge in [-0.15, -0.1) is 0 Å². The minimum Gasteiger partial charge on any atom is -0.772 e. The summed E-state index contributed by atoms with van der Waals surface area (Å²) in [6.07, 6.45) is 0. The highest BCUT2D eigenvalue weighted by Crippen LogP contribution is 2.27. The lowest BCUT2D eigenvalue weighted by atomic mass is 10.2. The van der Waals surface area contributed by atoms with Crippen LogP contribution in [0.15, 0.2) is 48.5 Å². The summed E-state index contributed by atoms with van der Waals surface area (Å²) in [5, 5.41) is 3.24. The fraction of sp³-hybridized carbons (Fsp3) is 0.0667. The first-order valence-corrected chi connectivity index (χ1v) is 8.49. The van der Waals surface area contributed by atoms with Gasteiger partial charge in [0, 0.05) is 11.3 Å². The quantitative estimate of drug-likeness (QED) is 0.745. The molecule has 3 aromatic rings. The molecule has 0 saturated heterocycles. The normalized spacial score (nSPS) is 12.2. The number of amides is 1. The third kappa shape index (κ3) is 3.38. The topological polar surface area (TPSA) is 82.1 Å². The van der Waals surface area contributed by atoms with Crippen LogP contribution in [-0.4, -0.2) is 19.7 Å². The first-order chi connectivity index (χ1) is 10.6. The molecule has 0 radical (unpaired) electrons. The van der Waals surface area contributed by atoms with Gasteiger partial charge in [0.25, 0.3) is 5.91 Å². The first kappa shape index (κ1) is 14.8. The zero-order valence-corrected chi connectivity index (χ0v) is 12.9. The van der Waals surface area contributed by atoms with E-state index >= 15 is 0 Å². The van der Waals surface area contributed by atoms with Gasteiger partial charge in [-0.2, -0.15) is 0 Å². The number of rotatable bonds is 4. The number of nitrogens with zero attached hydrogens (tertiary/aromatic N) is 1. The number of aromatic nitrogens is 1. The largest absolute Gasteiger partial charge is 0.772 e. The van der Waals surface area contributed by atoms with Crippen molar-refractivity contribution >= 4 is 43.7 Å². The zero-order valence-electron chi connectivity index (χ0n) is 11.3. The smallest absolute Gasteiger partial charge is 0.257 e. The van der Waals surface area contributed by atoms with Crippen LogP contribution in [0.4, 0.5) is 5.13 Å². The molecule has 5 nitrogen and oxygen atoms in total. The molecular weight excluding hydrogens is 320 g/mol. The van der Waals surface area contributed by atoms with Crippen LogP contribution >= 0.6 is 11.3 Å². The van der Waals surface area contributed by atoms with Crippen molar-refractivity contribution in [2.45, 2.75) is 5.75 Å². The van der Waals surface area contributed by atoms with Crippen molar-refractivity contribution in [3.05, 3.63) is 59.7 Å². The average Bonchev–Trinajstić information content (AvgIpc) is 2.89. The van der Waals surface area contributed by atoms with Crippen molar-refractivity contribution in [1.29, 1.82) is 0 Å². The summed E-state index contributed by atoms with van der Waals surface area (Å²) in [6, 6.07) is 14.1. The Morgan fingerprint density at radius 2 is 2.00 bits per heavy atom. The predicted octanol–water partition coefficient (Wildman–Crippen LogP) is 2.93. The van der Waals surface area contributed by atoms with Gasteiger partial charge in [0.05, 0.1) is 10.2 Å². The summed E-state index contributed by atoms with van der Waals surface area (Å²) >= 11 is -0.805. The van der Waals surface area contributed by atoms with E-state index in [0.717, 1.165) is 10.2 Å². The lowest BCUT2D eigenvalue weighted by Crippen LogP contribution is -2.11. The Labute approximate surface area is 133 Å². The van der Waals surface area contributed by atoms with Gasteiger partial charge in [-0.05, 0) is 29.8 Å². The Morgan fingerprint density at radius 3 is 2.73 bits per heavy atom. The maximum Gasteiger partial charge on any atom is 0.257 e. The molecule has 1 atom stereocenters. The maximum atomic E-state index is 12.1. The van der Waals surface area contributed by atoms with E-state index < -0.39 is 11.1 Å². The number of thiazole rings is 1. The lowest BCUT2D eigenvalue weighted by Gasteiger charge is -2.03. The van der Waals surface area contributed by atoms with Gasteiger partial charge in [0.15, 0.2) is 5.13 Å². The molecular formula is C15H11N2O3S2-. The Hall–Kier alpha value is -2.09. The highest BCUT2D eigenvalue weighted by molar-refractivity contribution is 7.78. The molecule has 0 aliphatic rings. The van der Waals surface area contributed by atoms with Crippen molar-refractivity contribution in [3.8, 4) is 0 Å². The molecule has 22 heavy (non-hydrogen) atoms. The van der Waals surface area contributed by atoms with Crippen LogP contribution in [0.3, 0.4) is 0 Å². The van der Waals surface area contributed by atoms with Crippen molar-refractivity contribution < 1.29 is 13.6 Å². The molecule has 7 heteroatoms. The molecule has 1 aromatic heterocycles. The van der Waals surface area contributed by atoms with Crippen molar-refractivity contribution in [1.82, 2.24) is 4.98 Å². The molecule has 3 rings (SSSR count). The van der Waals surface area contributed by atoms with Gasteiger partial charge in [0.2, 0.25) is 0 Å². The van der Waals surface area contributed by atoms with Gasteiger partial charge in [-0.1, -0.05) is 46.7 Å². The SMILES string of the molecule is O=C(Nc1nc2ccc(CS(=O)[O-])cc2s1)c1ccccc1. The summed E-state index contributed by atoms with van der Waals surface area (Å²) in [7, 11) is 0. The Kier molecular flexibility index (Phi) is 4.28. The first-order valence-electron chi connectivity index (χ1n) is 6.43. The van der Waals surface area contributed by atoms with Crippen LogP contribution in [0, 0.1) is 0 Å². The third-order valence-corrected chi connectivity index (χ3v) is 4.50. The Balaban J connectivity index is 1.83. The second-order valence-electron chi connectivity index (χ2n) is 4.59. The number of nitrogens with one attached hydrogen (secondary N) is 1. The Bertz CT molecular complexity index is 846. The van der Waals surface area contributed by atoms with Crippen LogP contribution in [0.25, 0.3) is 10.2 Å². The second-order valence-corrected chi connectivity index (χ2v) is 6.52. The lowest BCUT2D eigenvalue weighted by molar-refractivity contribution is 0.102. The molecule has 0 saturated carbocycles. The number of anilines is 1. The Morgan fingerprint density at radius 1 is 1.23 bits per heavy atom. The summed E-state index contributed by atoms with van der Waals surface area (Å²) in [5.74, 6) is -0.250. The molecule has 1 heterocycles. The van der Waals surface area contributed by atoms with Gasteiger partial charge >= 0.3 is 0 Å². The number of hydrogen-bond donors (Lipinski definition) is 1. The van der Waals surface area contributed by atoms with E-state index in [1.54, 1.807) is 42.5 Å². The molecule has 0 spiro atoms. The number of carbonyl (C=O) groups is 1. The molecule has 112 valence electrons. The number of carbonyl (C=O) groups excluding carboxylic acids is 1. The third-order valence-electron chi connectivity index (χ3n) is 2.99. The van der Waals surface area contributed by atoms with Crippen LogP contribution in [0.2, 0.25) is 0 Å². The molecule has 1 unspecified atom stereocenters. The standard InChI is InChI=1S/C15H12N2O3S2/c18-14(11-4-2-1-3-5-11)17-15-16-12-7-6-10(9-22(19)20)8-13(12)21-15/h1-8H,9H2,(H,19,20)(H,16,17,18)/p-1. The van der Waals surface area contributed by atoms with Crippen molar-refractivity contribution in [2.75, 3.05) is 5.32 Å². The van der Waals surface area contributed by atoms with E-state index in [9.17, 15) is 13.6 Å². The molecule has 0 aliphatic heterocycles. The molecule has 1 N–H and O–H groups in total. The zero-order chi connectivity index (χ0) is 15.5. The van der Waals surface area contributed by atoms with E-state index in [4.69, 9.17) is 0 Å². The summed E-state index contributed by atoms with van der Waals surface area (Å²) in [5.41, 5.74) is 1.99. The summed E-state index contributed by atoms with van der Waals surface area (Å²) in [4.78, 5) is 16.4. The molecule has 0 aliphatic carbocycles. The monoisotopic (exact) mass is 331 g/mol. The summed E-state index contributed by atoms with van der Waals surface area (Å²) < 4.78 is 22.3. The van der Waals surface area contributed by atoms with Gasteiger partial charge in [-0.3, -0.25) is 14.3 Å². The molecule has 0 bridgehead atoms. The molecule has 2 aromatic carbocycles. The molecule has 0 fully saturated rings. The van der Waals surface area contributed by atoms with Crippen LogP contribution < -0.4 is 5.32 Å². The summed E-state index contributed by atoms with van der Waals surface area (Å²) in [6.45, 7) is 0. The van der Waals surface area contributed by atoms with Gasteiger partial charge in [-0.25, -0.2) is 4.98 Å². The van der Waals surface area contributed by atoms with E-state index in [2.05, 4.69) is 10.3 Å². The van der Waals surface area contributed by atoms with Crippen LogP contribution in [-0.2, 0) is 16.8 Å². The fourth-order valence-electron chi connectivity index (χ4n) is 2.01. The number of fused-ring (bicyclic) bond motifs is 1. The maximum absolute atomic E-state index is 12.1. The minimum absolute atomic E-state index is 0.0282. The number of hydrogen-bond acceptors (Lipinski definition) is 5.